The zero-order chi connectivity index (χ0) is 24.8. The highest BCUT2D eigenvalue weighted by Crippen LogP contribution is 2.35. The second-order valence-corrected chi connectivity index (χ2v) is 6.94. The van der Waals surface area contributed by atoms with Crippen molar-refractivity contribution in [2.75, 3.05) is 0 Å². The van der Waals surface area contributed by atoms with Crippen LogP contribution in [0.2, 0.25) is 0 Å². The molecule has 1 aromatic heterocycles. The molecular formula is C23H14N8O2. The molecule has 10 nitrogen and oxygen atoms in total. The van der Waals surface area contributed by atoms with Crippen LogP contribution in [0.25, 0.3) is 11.6 Å². The molecule has 2 heterocycles. The van der Waals surface area contributed by atoms with Crippen LogP contribution in [0.1, 0.15) is 18.1 Å². The standard InChI is InChI=1S/C23H14N8O2/c1-13-17(22(32)31-20(18(13)10-28)14(6-24)7-25)5-3-4-16-12-30-21(15(8-26)9-27)19(11-29)23(16,2)33/h3-5,12,19,30,33H,1-2H3,(H,31,32). The van der Waals surface area contributed by atoms with Crippen molar-refractivity contribution in [3.05, 3.63) is 67.2 Å². The van der Waals surface area contributed by atoms with E-state index in [0.717, 1.165) is 0 Å². The van der Waals surface area contributed by atoms with Crippen molar-refractivity contribution in [3.8, 4) is 36.4 Å². The molecule has 1 aromatic rings. The number of hydrogen-bond acceptors (Lipinski definition) is 9. The number of aromatic nitrogens is 1. The summed E-state index contributed by atoms with van der Waals surface area (Å²) < 4.78 is 0. The Labute approximate surface area is 188 Å². The topological polar surface area (TPSA) is 208 Å². The zero-order valence-electron chi connectivity index (χ0n) is 17.4. The quantitative estimate of drug-likeness (QED) is 0.524. The van der Waals surface area contributed by atoms with E-state index in [1.165, 1.54) is 38.3 Å². The minimum atomic E-state index is -1.76. The molecule has 1 aliphatic heterocycles. The summed E-state index contributed by atoms with van der Waals surface area (Å²) in [7, 11) is 0. The lowest BCUT2D eigenvalue weighted by molar-refractivity contribution is 0.0677. The molecule has 0 bridgehead atoms. The van der Waals surface area contributed by atoms with Gasteiger partial charge in [-0.25, -0.2) is 0 Å². The first-order valence-electron chi connectivity index (χ1n) is 9.21. The van der Waals surface area contributed by atoms with Crippen LogP contribution in [0.3, 0.4) is 0 Å². The van der Waals surface area contributed by atoms with Gasteiger partial charge >= 0.3 is 0 Å². The number of aliphatic hydroxyl groups is 1. The lowest BCUT2D eigenvalue weighted by Crippen LogP contribution is -2.43. The number of rotatable bonds is 2. The van der Waals surface area contributed by atoms with Crippen molar-refractivity contribution >= 4 is 11.6 Å². The highest BCUT2D eigenvalue weighted by Gasteiger charge is 2.41. The van der Waals surface area contributed by atoms with Gasteiger partial charge in [0, 0.05) is 17.0 Å². The van der Waals surface area contributed by atoms with Crippen molar-refractivity contribution in [1.29, 1.82) is 31.6 Å². The van der Waals surface area contributed by atoms with Crippen LogP contribution in [0.4, 0.5) is 0 Å². The molecule has 158 valence electrons. The Morgan fingerprint density at radius 3 is 2.21 bits per heavy atom. The van der Waals surface area contributed by atoms with Crippen molar-refractivity contribution in [3.63, 3.8) is 0 Å². The Morgan fingerprint density at radius 2 is 1.70 bits per heavy atom. The monoisotopic (exact) mass is 434 g/mol. The molecule has 2 atom stereocenters. The highest BCUT2D eigenvalue weighted by molar-refractivity contribution is 5.73. The van der Waals surface area contributed by atoms with E-state index in [9.17, 15) is 20.4 Å². The van der Waals surface area contributed by atoms with Crippen LogP contribution in [0.15, 0.2) is 40.0 Å². The number of pyridine rings is 1. The first kappa shape index (κ1) is 23.9. The van der Waals surface area contributed by atoms with Crippen LogP contribution in [-0.2, 0) is 0 Å². The van der Waals surface area contributed by atoms with Crippen molar-refractivity contribution in [1.82, 2.24) is 10.3 Å². The molecule has 0 fully saturated rings. The van der Waals surface area contributed by atoms with Gasteiger partial charge in [-0.3, -0.25) is 4.79 Å². The summed E-state index contributed by atoms with van der Waals surface area (Å²) in [6.45, 7) is 2.85. The summed E-state index contributed by atoms with van der Waals surface area (Å²) >= 11 is 0. The maximum atomic E-state index is 12.5. The summed E-state index contributed by atoms with van der Waals surface area (Å²) in [4.78, 5) is 14.9. The Hall–Kier alpha value is -5.39. The first-order chi connectivity index (χ1) is 15.7. The van der Waals surface area contributed by atoms with E-state index in [4.69, 9.17) is 21.0 Å². The van der Waals surface area contributed by atoms with Gasteiger partial charge in [0.05, 0.1) is 22.7 Å². The fourth-order valence-corrected chi connectivity index (χ4v) is 3.25. The Balaban J connectivity index is 2.66. The number of hydrogen-bond donors (Lipinski definition) is 3. The van der Waals surface area contributed by atoms with E-state index >= 15 is 0 Å². The zero-order valence-corrected chi connectivity index (χ0v) is 17.4. The Morgan fingerprint density at radius 1 is 1.09 bits per heavy atom. The van der Waals surface area contributed by atoms with E-state index in [2.05, 4.69) is 10.3 Å². The molecule has 0 radical (unpaired) electrons. The van der Waals surface area contributed by atoms with Gasteiger partial charge in [-0.2, -0.15) is 31.6 Å². The SMILES string of the molecule is Cc1c(C#N)c(=C(C#N)C#N)[nH]c(=O)c1=CC=CC1=CNC(=C(C#N)C#N)C(C#N)C1(C)O. The molecule has 0 saturated carbocycles. The maximum absolute atomic E-state index is 12.5. The van der Waals surface area contributed by atoms with Crippen molar-refractivity contribution in [2.24, 2.45) is 5.92 Å². The van der Waals surface area contributed by atoms with Crippen molar-refractivity contribution < 1.29 is 5.11 Å². The van der Waals surface area contributed by atoms with Gasteiger partial charge in [-0.05, 0) is 25.5 Å². The summed E-state index contributed by atoms with van der Waals surface area (Å²) in [5.41, 5.74) is -2.68. The number of nitrogens with one attached hydrogen (secondary N) is 2. The normalized spacial score (nSPS) is 19.5. The second kappa shape index (κ2) is 9.61. The summed E-state index contributed by atoms with van der Waals surface area (Å²) in [5.74, 6) is -1.23. The maximum Gasteiger partial charge on any atom is 0.256 e. The summed E-state index contributed by atoms with van der Waals surface area (Å²) in [6, 6.07) is 10.4. The van der Waals surface area contributed by atoms with E-state index < -0.39 is 22.7 Å². The van der Waals surface area contributed by atoms with Crippen LogP contribution >= 0.6 is 0 Å². The molecule has 3 N–H and O–H groups in total. The van der Waals surface area contributed by atoms with Crippen LogP contribution in [0.5, 0.6) is 0 Å². The van der Waals surface area contributed by atoms with Crippen molar-refractivity contribution in [2.45, 2.75) is 19.4 Å². The van der Waals surface area contributed by atoms with Crippen LogP contribution < -0.4 is 21.4 Å². The Bertz CT molecular complexity index is 1530. The van der Waals surface area contributed by atoms with E-state index in [1.54, 1.807) is 24.3 Å². The first-order valence-corrected chi connectivity index (χ1v) is 9.21. The fourth-order valence-electron chi connectivity index (χ4n) is 3.25. The predicted octanol–water partition coefficient (Wildman–Crippen LogP) is -0.231. The predicted molar refractivity (Wildman–Crippen MR) is 113 cm³/mol. The molecule has 0 saturated heterocycles. The molecule has 2 rings (SSSR count). The van der Waals surface area contributed by atoms with E-state index in [1.807, 2.05) is 12.1 Å². The third kappa shape index (κ3) is 4.25. The average molecular weight is 434 g/mol. The average Bonchev–Trinajstić information content (AvgIpc) is 2.78. The third-order valence-corrected chi connectivity index (χ3v) is 5.08. The van der Waals surface area contributed by atoms with Gasteiger partial charge in [0.2, 0.25) is 0 Å². The lowest BCUT2D eigenvalue weighted by Gasteiger charge is -2.35. The number of allylic oxidation sites excluding steroid dienone is 2. The van der Waals surface area contributed by atoms with Gasteiger partial charge < -0.3 is 15.4 Å². The molecule has 0 spiro atoms. The molecule has 0 aromatic carbocycles. The lowest BCUT2D eigenvalue weighted by atomic mass is 9.78. The number of nitriles is 6. The van der Waals surface area contributed by atoms with E-state index in [-0.39, 0.29) is 38.5 Å². The molecule has 1 aliphatic rings. The molecule has 33 heavy (non-hydrogen) atoms. The third-order valence-electron chi connectivity index (χ3n) is 5.08. The minimum Gasteiger partial charge on any atom is -0.384 e. The second-order valence-electron chi connectivity index (χ2n) is 6.94. The fraction of sp³-hybridized carbons (Fsp3) is 0.174. The van der Waals surface area contributed by atoms with Gasteiger partial charge in [0.1, 0.15) is 47.4 Å². The van der Waals surface area contributed by atoms with Gasteiger partial charge in [-0.1, -0.05) is 12.2 Å². The molecule has 10 heteroatoms. The number of H-pyrrole nitrogens is 1. The van der Waals surface area contributed by atoms with E-state index in [0.29, 0.717) is 0 Å². The number of nitrogens with zero attached hydrogens (tertiary/aromatic N) is 6. The number of aromatic amines is 1. The molecular weight excluding hydrogens is 420 g/mol. The summed E-state index contributed by atoms with van der Waals surface area (Å²) in [5, 5.41) is 68.8. The molecule has 0 aliphatic carbocycles. The van der Waals surface area contributed by atoms with Gasteiger partial charge in [-0.15, -0.1) is 0 Å². The Kier molecular flexibility index (Phi) is 6.96. The largest absolute Gasteiger partial charge is 0.384 e. The smallest absolute Gasteiger partial charge is 0.256 e. The van der Waals surface area contributed by atoms with Gasteiger partial charge in [0.25, 0.3) is 5.56 Å². The highest BCUT2D eigenvalue weighted by atomic mass is 16.3. The molecule has 2 unspecified atom stereocenters. The van der Waals surface area contributed by atoms with Crippen LogP contribution in [-0.4, -0.2) is 15.7 Å². The molecule has 0 amide bonds. The van der Waals surface area contributed by atoms with Crippen LogP contribution in [0, 0.1) is 80.8 Å². The summed E-state index contributed by atoms with van der Waals surface area (Å²) in [6.07, 6.45) is 5.55. The van der Waals surface area contributed by atoms with Gasteiger partial charge in [0.15, 0.2) is 5.57 Å². The minimum absolute atomic E-state index is 0.0165.